The Hall–Kier alpha value is -2.69. The highest BCUT2D eigenvalue weighted by Gasteiger charge is 2.13. The van der Waals surface area contributed by atoms with Crippen LogP contribution in [0.15, 0.2) is 42.5 Å². The van der Waals surface area contributed by atoms with Crippen LogP contribution in [0.4, 0.5) is 14.5 Å². The molecule has 0 radical (unpaired) electrons. The molecule has 0 bridgehead atoms. The number of aryl methyl sites for hydroxylation is 1. The number of anilines is 1. The maximum absolute atomic E-state index is 13.6. The maximum Gasteiger partial charge on any atom is 0.228 e. The van der Waals surface area contributed by atoms with Crippen molar-refractivity contribution in [3.63, 3.8) is 0 Å². The van der Waals surface area contributed by atoms with Gasteiger partial charge in [-0.25, -0.2) is 8.78 Å². The fraction of sp³-hybridized carbons (Fsp3) is 0.118. The normalized spacial score (nSPS) is 10.9. The summed E-state index contributed by atoms with van der Waals surface area (Å²) in [5.41, 5.74) is 2.70. The van der Waals surface area contributed by atoms with Crippen LogP contribution in [-0.2, 0) is 11.2 Å². The number of aromatic nitrogens is 1. The minimum absolute atomic E-state index is 0.0242. The molecule has 5 heteroatoms. The summed E-state index contributed by atoms with van der Waals surface area (Å²) in [5, 5.41) is 3.44. The zero-order chi connectivity index (χ0) is 15.7. The highest BCUT2D eigenvalue weighted by molar-refractivity contribution is 5.96. The zero-order valence-corrected chi connectivity index (χ0v) is 11.9. The second kappa shape index (κ2) is 5.60. The number of para-hydroxylation sites is 1. The Morgan fingerprint density at radius 1 is 1.18 bits per heavy atom. The second-order valence-corrected chi connectivity index (χ2v) is 5.12. The summed E-state index contributed by atoms with van der Waals surface area (Å²) in [4.78, 5) is 15.3. The van der Waals surface area contributed by atoms with E-state index < -0.39 is 11.6 Å². The Morgan fingerprint density at radius 2 is 1.95 bits per heavy atom. The fourth-order valence-corrected chi connectivity index (χ4v) is 2.51. The van der Waals surface area contributed by atoms with Crippen LogP contribution in [0.3, 0.4) is 0 Å². The van der Waals surface area contributed by atoms with Gasteiger partial charge in [0.15, 0.2) is 0 Å². The molecule has 1 aromatic heterocycles. The van der Waals surface area contributed by atoms with E-state index in [2.05, 4.69) is 10.3 Å². The van der Waals surface area contributed by atoms with E-state index in [4.69, 9.17) is 0 Å². The van der Waals surface area contributed by atoms with Crippen molar-refractivity contribution in [1.82, 2.24) is 4.98 Å². The summed E-state index contributed by atoms with van der Waals surface area (Å²) >= 11 is 0. The van der Waals surface area contributed by atoms with Crippen molar-refractivity contribution in [3.8, 4) is 0 Å². The molecule has 112 valence electrons. The van der Waals surface area contributed by atoms with Crippen LogP contribution in [-0.4, -0.2) is 10.9 Å². The molecule has 0 fully saturated rings. The van der Waals surface area contributed by atoms with Crippen LogP contribution >= 0.6 is 0 Å². The highest BCUT2D eigenvalue weighted by atomic mass is 19.1. The smallest absolute Gasteiger partial charge is 0.228 e. The Balaban J connectivity index is 1.83. The molecule has 3 nitrogen and oxygen atoms in total. The molecule has 2 aromatic carbocycles. The van der Waals surface area contributed by atoms with Gasteiger partial charge in [0.25, 0.3) is 0 Å². The van der Waals surface area contributed by atoms with E-state index in [1.54, 1.807) is 0 Å². The molecule has 1 heterocycles. The number of rotatable bonds is 3. The summed E-state index contributed by atoms with van der Waals surface area (Å²) in [6.45, 7) is 1.89. The van der Waals surface area contributed by atoms with E-state index in [-0.39, 0.29) is 18.0 Å². The van der Waals surface area contributed by atoms with E-state index in [1.165, 1.54) is 6.07 Å². The van der Waals surface area contributed by atoms with Crippen molar-refractivity contribution in [2.24, 2.45) is 0 Å². The van der Waals surface area contributed by atoms with Gasteiger partial charge in [0.05, 0.1) is 12.1 Å². The Kier molecular flexibility index (Phi) is 3.63. The van der Waals surface area contributed by atoms with Gasteiger partial charge in [-0.05, 0) is 30.7 Å². The Morgan fingerprint density at radius 3 is 2.73 bits per heavy atom. The van der Waals surface area contributed by atoms with Gasteiger partial charge in [0, 0.05) is 22.7 Å². The third kappa shape index (κ3) is 2.70. The van der Waals surface area contributed by atoms with E-state index >= 15 is 0 Å². The molecule has 0 unspecified atom stereocenters. The van der Waals surface area contributed by atoms with Crippen LogP contribution in [0, 0.1) is 18.6 Å². The Labute approximate surface area is 126 Å². The quantitative estimate of drug-likeness (QED) is 0.756. The molecule has 0 aliphatic heterocycles. The van der Waals surface area contributed by atoms with Crippen LogP contribution in [0.1, 0.15) is 11.3 Å². The van der Waals surface area contributed by atoms with E-state index in [0.29, 0.717) is 0 Å². The Bertz CT molecular complexity index is 855. The number of carbonyl (C=O) groups excluding carboxylic acids is 1. The number of fused-ring (bicyclic) bond motifs is 1. The summed E-state index contributed by atoms with van der Waals surface area (Å²) in [7, 11) is 0. The summed E-state index contributed by atoms with van der Waals surface area (Å²) < 4.78 is 26.4. The lowest BCUT2D eigenvalue weighted by atomic mass is 10.1. The van der Waals surface area contributed by atoms with Gasteiger partial charge < -0.3 is 10.3 Å². The minimum Gasteiger partial charge on any atom is -0.358 e. The highest BCUT2D eigenvalue weighted by Crippen LogP contribution is 2.23. The van der Waals surface area contributed by atoms with Crippen molar-refractivity contribution < 1.29 is 13.6 Å². The van der Waals surface area contributed by atoms with Crippen LogP contribution in [0.5, 0.6) is 0 Å². The fourth-order valence-electron chi connectivity index (χ4n) is 2.51. The van der Waals surface area contributed by atoms with Gasteiger partial charge in [-0.1, -0.05) is 18.2 Å². The number of hydrogen-bond acceptors (Lipinski definition) is 1. The lowest BCUT2D eigenvalue weighted by molar-refractivity contribution is -0.115. The number of hydrogen-bond donors (Lipinski definition) is 2. The van der Waals surface area contributed by atoms with Crippen LogP contribution < -0.4 is 5.32 Å². The molecule has 0 saturated heterocycles. The molecule has 22 heavy (non-hydrogen) atoms. The molecular formula is C17H14F2N2O. The molecule has 3 aromatic rings. The predicted octanol–water partition coefficient (Wildman–Crippen LogP) is 3.94. The number of benzene rings is 2. The van der Waals surface area contributed by atoms with Gasteiger partial charge in [0.2, 0.25) is 5.91 Å². The van der Waals surface area contributed by atoms with Gasteiger partial charge in [-0.2, -0.15) is 0 Å². The number of amides is 1. The van der Waals surface area contributed by atoms with Crippen molar-refractivity contribution in [3.05, 3.63) is 65.4 Å². The van der Waals surface area contributed by atoms with Crippen molar-refractivity contribution in [2.75, 3.05) is 5.32 Å². The lowest BCUT2D eigenvalue weighted by Gasteiger charge is -2.07. The number of halogens is 2. The van der Waals surface area contributed by atoms with Gasteiger partial charge >= 0.3 is 0 Å². The van der Waals surface area contributed by atoms with Gasteiger partial charge in [-0.3, -0.25) is 4.79 Å². The van der Waals surface area contributed by atoms with E-state index in [9.17, 15) is 13.6 Å². The largest absolute Gasteiger partial charge is 0.358 e. The zero-order valence-electron chi connectivity index (χ0n) is 11.9. The molecule has 3 rings (SSSR count). The minimum atomic E-state index is -0.788. The van der Waals surface area contributed by atoms with Crippen LogP contribution in [0.25, 0.3) is 10.9 Å². The first-order chi connectivity index (χ1) is 10.5. The number of aromatic amines is 1. The number of carbonyl (C=O) groups is 1. The average Bonchev–Trinajstić information content (AvgIpc) is 2.78. The first-order valence-electron chi connectivity index (χ1n) is 6.85. The predicted molar refractivity (Wildman–Crippen MR) is 81.7 cm³/mol. The van der Waals surface area contributed by atoms with Crippen LogP contribution in [0.2, 0.25) is 0 Å². The third-order valence-electron chi connectivity index (χ3n) is 3.57. The summed E-state index contributed by atoms with van der Waals surface area (Å²) in [5.74, 6) is -1.81. The maximum atomic E-state index is 13.6. The van der Waals surface area contributed by atoms with Crippen molar-refractivity contribution in [1.29, 1.82) is 0 Å². The molecule has 0 atom stereocenters. The first-order valence-corrected chi connectivity index (χ1v) is 6.85. The summed E-state index contributed by atoms with van der Waals surface area (Å²) in [6.07, 6.45) is 0.118. The average molecular weight is 300 g/mol. The molecule has 2 N–H and O–H groups in total. The monoisotopic (exact) mass is 300 g/mol. The molecule has 0 aliphatic carbocycles. The standard InChI is InChI=1S/C17H14F2N2O/c1-10-13(12-4-2-3-5-15(12)20-10)9-17(22)21-16-7-6-11(18)8-14(16)19/h2-8,20H,9H2,1H3,(H,21,22). The third-order valence-corrected chi connectivity index (χ3v) is 3.57. The summed E-state index contributed by atoms with van der Waals surface area (Å²) in [6, 6.07) is 10.7. The molecule has 0 saturated carbocycles. The van der Waals surface area contributed by atoms with Gasteiger partial charge in [0.1, 0.15) is 11.6 Å². The molecule has 0 aliphatic rings. The first kappa shape index (κ1) is 14.3. The number of H-pyrrole nitrogens is 1. The molecule has 1 amide bonds. The van der Waals surface area contributed by atoms with E-state index in [0.717, 1.165) is 34.3 Å². The van der Waals surface area contributed by atoms with Gasteiger partial charge in [-0.15, -0.1) is 0 Å². The topological polar surface area (TPSA) is 44.9 Å². The van der Waals surface area contributed by atoms with Crippen molar-refractivity contribution in [2.45, 2.75) is 13.3 Å². The van der Waals surface area contributed by atoms with Crippen molar-refractivity contribution >= 4 is 22.5 Å². The van der Waals surface area contributed by atoms with E-state index in [1.807, 2.05) is 31.2 Å². The lowest BCUT2D eigenvalue weighted by Crippen LogP contribution is -2.15. The molecular weight excluding hydrogens is 286 g/mol. The SMILES string of the molecule is Cc1[nH]c2ccccc2c1CC(=O)Nc1ccc(F)cc1F. The molecule has 0 spiro atoms. The number of nitrogens with one attached hydrogen (secondary N) is 2. The second-order valence-electron chi connectivity index (χ2n) is 5.12.